The molecule has 1 saturated carbocycles. The summed E-state index contributed by atoms with van der Waals surface area (Å²) in [5.74, 6) is -0.819. The smallest absolute Gasteiger partial charge is 0.434 e. The zero-order chi connectivity index (χ0) is 29.4. The maximum absolute atomic E-state index is 13.7. The van der Waals surface area contributed by atoms with Crippen LogP contribution in [0.5, 0.6) is 0 Å². The van der Waals surface area contributed by atoms with Gasteiger partial charge in [0, 0.05) is 31.2 Å². The first-order chi connectivity index (χ1) is 20.2. The Morgan fingerprint density at radius 1 is 1.02 bits per heavy atom. The van der Waals surface area contributed by atoms with Crippen LogP contribution in [0.3, 0.4) is 0 Å². The largest absolute Gasteiger partial charge is 0.478 e. The van der Waals surface area contributed by atoms with E-state index in [2.05, 4.69) is 27.5 Å². The summed E-state index contributed by atoms with van der Waals surface area (Å²) in [6.07, 6.45) is -0.239. The number of hydrogen-bond acceptors (Lipinski definition) is 6. The minimum absolute atomic E-state index is 0.127. The molecule has 2 N–H and O–H groups in total. The lowest BCUT2D eigenvalue weighted by Gasteiger charge is -2.32. The number of carbonyl (C=O) groups excluding carboxylic acids is 1. The molecule has 218 valence electrons. The number of nitrogens with one attached hydrogen (secondary N) is 1. The van der Waals surface area contributed by atoms with E-state index in [4.69, 9.17) is 0 Å². The van der Waals surface area contributed by atoms with Crippen LogP contribution in [0, 0.1) is 5.92 Å². The van der Waals surface area contributed by atoms with Crippen LogP contribution < -0.4 is 5.32 Å². The van der Waals surface area contributed by atoms with Gasteiger partial charge in [-0.05, 0) is 78.4 Å². The second-order valence-corrected chi connectivity index (χ2v) is 11.5. The standard InChI is InChI=1S/C30H28F3N5O3S/c31-30(32,33)27-23(29(40)41)17-35-38(27)25-3-1-2-24(36-25)26-21(12-15-42-26)16-34-22-8-6-18(7-9-22)19-10-13-37(14-11-19)28(39)20-4-5-20/h1-3,6-9,12,15,17,19-20,34H,4-5,10-11,13-14,16H2,(H,40,41). The molecule has 2 aliphatic rings. The summed E-state index contributed by atoms with van der Waals surface area (Å²) in [5, 5.41) is 18.2. The molecule has 1 saturated heterocycles. The number of amides is 1. The quantitative estimate of drug-likeness (QED) is 0.243. The van der Waals surface area contributed by atoms with Crippen molar-refractivity contribution in [2.75, 3.05) is 18.4 Å². The molecule has 0 spiro atoms. The van der Waals surface area contributed by atoms with E-state index < -0.39 is 23.4 Å². The monoisotopic (exact) mass is 595 g/mol. The number of alkyl halides is 3. The van der Waals surface area contributed by atoms with Gasteiger partial charge in [0.1, 0.15) is 5.56 Å². The number of thiophene rings is 1. The van der Waals surface area contributed by atoms with Crippen molar-refractivity contribution < 1.29 is 27.9 Å². The molecule has 1 amide bonds. The van der Waals surface area contributed by atoms with E-state index in [1.165, 1.54) is 23.0 Å². The molecule has 0 atom stereocenters. The molecule has 4 aromatic rings. The summed E-state index contributed by atoms with van der Waals surface area (Å²) in [6, 6.07) is 14.9. The van der Waals surface area contributed by atoms with Gasteiger partial charge >= 0.3 is 12.1 Å². The van der Waals surface area contributed by atoms with Gasteiger partial charge in [-0.1, -0.05) is 18.2 Å². The van der Waals surface area contributed by atoms with Gasteiger partial charge in [-0.25, -0.2) is 14.5 Å². The van der Waals surface area contributed by atoms with Crippen molar-refractivity contribution in [1.82, 2.24) is 19.7 Å². The van der Waals surface area contributed by atoms with E-state index in [-0.39, 0.29) is 11.7 Å². The third-order valence-corrected chi connectivity index (χ3v) is 8.78. The van der Waals surface area contributed by atoms with Crippen LogP contribution in [0.15, 0.2) is 60.1 Å². The van der Waals surface area contributed by atoms with Crippen LogP contribution in [0.2, 0.25) is 0 Å². The van der Waals surface area contributed by atoms with Gasteiger partial charge in [0.15, 0.2) is 11.5 Å². The molecular formula is C30H28F3N5O3S. The zero-order valence-corrected chi connectivity index (χ0v) is 23.3. The number of anilines is 1. The highest BCUT2D eigenvalue weighted by Crippen LogP contribution is 2.36. The number of carboxylic acid groups (broad SMARTS) is 1. The number of rotatable bonds is 8. The minimum Gasteiger partial charge on any atom is -0.478 e. The average molecular weight is 596 g/mol. The fourth-order valence-electron chi connectivity index (χ4n) is 5.41. The van der Waals surface area contributed by atoms with E-state index >= 15 is 0 Å². The number of pyridine rings is 1. The molecule has 0 bridgehead atoms. The fourth-order valence-corrected chi connectivity index (χ4v) is 6.31. The first kappa shape index (κ1) is 28.0. The lowest BCUT2D eigenvalue weighted by Crippen LogP contribution is -2.38. The molecule has 8 nitrogen and oxygen atoms in total. The molecular weight excluding hydrogens is 567 g/mol. The molecule has 1 aliphatic heterocycles. The van der Waals surface area contributed by atoms with Gasteiger partial charge in [-0.15, -0.1) is 11.3 Å². The van der Waals surface area contributed by atoms with Crippen molar-refractivity contribution >= 4 is 28.9 Å². The van der Waals surface area contributed by atoms with E-state index in [1.807, 2.05) is 28.5 Å². The Hall–Kier alpha value is -4.19. The highest BCUT2D eigenvalue weighted by molar-refractivity contribution is 7.13. The van der Waals surface area contributed by atoms with Gasteiger partial charge in [-0.3, -0.25) is 4.79 Å². The number of carbonyl (C=O) groups is 2. The van der Waals surface area contributed by atoms with Crippen LogP contribution >= 0.6 is 11.3 Å². The molecule has 0 radical (unpaired) electrons. The number of piperidine rings is 1. The van der Waals surface area contributed by atoms with Crippen molar-refractivity contribution in [3.8, 4) is 16.4 Å². The SMILES string of the molecule is O=C(O)c1cnn(-c2cccc(-c3sccc3CNc3ccc(C4CCN(C(=O)C5CC5)CC4)cc3)n2)c1C(F)(F)F. The van der Waals surface area contributed by atoms with E-state index in [1.54, 1.807) is 12.1 Å². The number of hydrogen-bond donors (Lipinski definition) is 2. The second kappa shape index (κ2) is 11.2. The van der Waals surface area contributed by atoms with Gasteiger partial charge in [0.05, 0.1) is 16.8 Å². The molecule has 2 fully saturated rings. The summed E-state index contributed by atoms with van der Waals surface area (Å²) in [5.41, 5.74) is 1.26. The number of aromatic nitrogens is 3. The second-order valence-electron chi connectivity index (χ2n) is 10.6. The molecule has 12 heteroatoms. The Balaban J connectivity index is 1.13. The predicted molar refractivity (Wildman–Crippen MR) is 152 cm³/mol. The molecule has 0 unspecified atom stereocenters. The summed E-state index contributed by atoms with van der Waals surface area (Å²) in [6.45, 7) is 2.11. The number of halogens is 3. The van der Waals surface area contributed by atoms with Gasteiger partial charge < -0.3 is 15.3 Å². The van der Waals surface area contributed by atoms with E-state index in [9.17, 15) is 27.9 Å². The molecule has 3 aromatic heterocycles. The maximum atomic E-state index is 13.7. The molecule has 6 rings (SSSR count). The zero-order valence-electron chi connectivity index (χ0n) is 22.5. The van der Waals surface area contributed by atoms with Crippen molar-refractivity contribution in [1.29, 1.82) is 0 Å². The minimum atomic E-state index is -4.93. The van der Waals surface area contributed by atoms with Crippen LogP contribution in [0.4, 0.5) is 18.9 Å². The Kier molecular flexibility index (Phi) is 7.48. The molecule has 1 aromatic carbocycles. The number of benzene rings is 1. The summed E-state index contributed by atoms with van der Waals surface area (Å²) in [7, 11) is 0. The Labute approximate surface area is 243 Å². The summed E-state index contributed by atoms with van der Waals surface area (Å²) >= 11 is 1.41. The van der Waals surface area contributed by atoms with Crippen molar-refractivity contribution in [2.24, 2.45) is 5.92 Å². The fraction of sp³-hybridized carbons (Fsp3) is 0.333. The number of carboxylic acids is 1. The van der Waals surface area contributed by atoms with Gasteiger partial charge in [0.25, 0.3) is 0 Å². The maximum Gasteiger partial charge on any atom is 0.434 e. The summed E-state index contributed by atoms with van der Waals surface area (Å²) in [4.78, 5) is 30.9. The predicted octanol–water partition coefficient (Wildman–Crippen LogP) is 6.44. The Morgan fingerprint density at radius 2 is 1.76 bits per heavy atom. The number of aromatic carboxylic acids is 1. The van der Waals surface area contributed by atoms with Crippen molar-refractivity contribution in [2.45, 2.75) is 44.3 Å². The molecule has 1 aliphatic carbocycles. The lowest BCUT2D eigenvalue weighted by atomic mass is 9.89. The van der Waals surface area contributed by atoms with Gasteiger partial charge in [-0.2, -0.15) is 18.3 Å². The highest BCUT2D eigenvalue weighted by Gasteiger charge is 2.41. The average Bonchev–Trinajstić information content (AvgIpc) is 3.54. The topological polar surface area (TPSA) is 100 Å². The van der Waals surface area contributed by atoms with Crippen molar-refractivity contribution in [3.05, 3.63) is 82.5 Å². The first-order valence-electron chi connectivity index (χ1n) is 13.7. The first-order valence-corrected chi connectivity index (χ1v) is 14.6. The number of likely N-dealkylation sites (tertiary alicyclic amines) is 1. The van der Waals surface area contributed by atoms with Crippen LogP contribution in [-0.2, 0) is 17.5 Å². The van der Waals surface area contributed by atoms with Crippen LogP contribution in [-0.4, -0.2) is 49.7 Å². The molecule has 42 heavy (non-hydrogen) atoms. The Morgan fingerprint density at radius 3 is 2.43 bits per heavy atom. The van der Waals surface area contributed by atoms with Crippen LogP contribution in [0.1, 0.15) is 58.8 Å². The third-order valence-electron chi connectivity index (χ3n) is 7.80. The number of nitrogens with zero attached hydrogens (tertiary/aromatic N) is 4. The van der Waals surface area contributed by atoms with Gasteiger partial charge in [0.2, 0.25) is 5.91 Å². The lowest BCUT2D eigenvalue weighted by molar-refractivity contribution is -0.143. The molecule has 4 heterocycles. The summed E-state index contributed by atoms with van der Waals surface area (Å²) < 4.78 is 41.7. The van der Waals surface area contributed by atoms with E-state index in [0.717, 1.165) is 54.9 Å². The highest BCUT2D eigenvalue weighted by atomic mass is 32.1. The van der Waals surface area contributed by atoms with Crippen molar-refractivity contribution in [3.63, 3.8) is 0 Å². The van der Waals surface area contributed by atoms with E-state index in [0.29, 0.717) is 34.9 Å². The van der Waals surface area contributed by atoms with Crippen LogP contribution in [0.25, 0.3) is 16.4 Å². The third kappa shape index (κ3) is 5.76. The Bertz CT molecular complexity index is 1600. The normalized spacial score (nSPS) is 16.0.